The predicted octanol–water partition coefficient (Wildman–Crippen LogP) is 2.13. The molecule has 0 unspecified atom stereocenters. The van der Waals surface area contributed by atoms with Gasteiger partial charge in [0.2, 0.25) is 6.79 Å². The molecule has 0 bridgehead atoms. The molecular weight excluding hydrogens is 354 g/mol. The molecule has 8 heteroatoms. The molecule has 26 heavy (non-hydrogen) atoms. The molecule has 5 rings (SSSR count). The summed E-state index contributed by atoms with van der Waals surface area (Å²) >= 11 is 1.61. The SMILES string of the molecule is O=C1NC2=C(C(=O)N(Cc3cccs3)C2)[C@H](c2ccc3c(c2)OCO3)N1. The van der Waals surface area contributed by atoms with Gasteiger partial charge in [-0.05, 0) is 29.1 Å². The van der Waals surface area contributed by atoms with Gasteiger partial charge in [0, 0.05) is 4.88 Å². The summed E-state index contributed by atoms with van der Waals surface area (Å²) in [6.45, 7) is 1.12. The molecule has 3 amide bonds. The van der Waals surface area contributed by atoms with Crippen LogP contribution in [0, 0.1) is 0 Å². The van der Waals surface area contributed by atoms with Crippen molar-refractivity contribution < 1.29 is 19.1 Å². The first-order valence-corrected chi connectivity index (χ1v) is 9.09. The molecule has 3 aliphatic heterocycles. The van der Waals surface area contributed by atoms with Crippen LogP contribution in [0.5, 0.6) is 11.5 Å². The Balaban J connectivity index is 1.47. The van der Waals surface area contributed by atoms with Gasteiger partial charge in [0.1, 0.15) is 0 Å². The Kier molecular flexibility index (Phi) is 3.39. The lowest BCUT2D eigenvalue weighted by Gasteiger charge is -2.25. The fourth-order valence-corrected chi connectivity index (χ4v) is 4.21. The topological polar surface area (TPSA) is 79.9 Å². The van der Waals surface area contributed by atoms with Crippen molar-refractivity contribution in [1.82, 2.24) is 15.5 Å². The van der Waals surface area contributed by atoms with Crippen LogP contribution in [0.15, 0.2) is 47.0 Å². The fourth-order valence-electron chi connectivity index (χ4n) is 3.49. The Morgan fingerprint density at radius 1 is 1.19 bits per heavy atom. The quantitative estimate of drug-likeness (QED) is 0.869. The number of rotatable bonds is 3. The van der Waals surface area contributed by atoms with E-state index in [2.05, 4.69) is 10.6 Å². The highest BCUT2D eigenvalue weighted by Gasteiger charge is 2.40. The van der Waals surface area contributed by atoms with Crippen molar-refractivity contribution >= 4 is 23.3 Å². The van der Waals surface area contributed by atoms with Gasteiger partial charge in [0.15, 0.2) is 11.5 Å². The zero-order valence-corrected chi connectivity index (χ0v) is 14.5. The normalized spacial score (nSPS) is 20.9. The molecule has 0 saturated heterocycles. The van der Waals surface area contributed by atoms with E-state index < -0.39 is 6.04 Å². The van der Waals surface area contributed by atoms with E-state index in [1.165, 1.54) is 0 Å². The number of nitrogens with zero attached hydrogens (tertiary/aromatic N) is 1. The minimum absolute atomic E-state index is 0.0661. The van der Waals surface area contributed by atoms with Gasteiger partial charge in [-0.1, -0.05) is 12.1 Å². The number of benzene rings is 1. The summed E-state index contributed by atoms with van der Waals surface area (Å²) < 4.78 is 10.8. The number of carbonyl (C=O) groups excluding carboxylic acids is 2. The first-order chi connectivity index (χ1) is 12.7. The van der Waals surface area contributed by atoms with Gasteiger partial charge in [-0.3, -0.25) is 4.79 Å². The summed E-state index contributed by atoms with van der Waals surface area (Å²) in [6, 6.07) is 8.62. The minimum atomic E-state index is -0.505. The predicted molar refractivity (Wildman–Crippen MR) is 93.7 cm³/mol. The minimum Gasteiger partial charge on any atom is -0.454 e. The number of amides is 3. The van der Waals surface area contributed by atoms with E-state index in [4.69, 9.17) is 9.47 Å². The summed E-state index contributed by atoms with van der Waals surface area (Å²) in [4.78, 5) is 28.0. The third-order valence-corrected chi connectivity index (χ3v) is 5.54. The van der Waals surface area contributed by atoms with Gasteiger partial charge < -0.3 is 25.0 Å². The molecule has 2 aromatic rings. The lowest BCUT2D eigenvalue weighted by Crippen LogP contribution is -2.44. The molecule has 0 spiro atoms. The Bertz CT molecular complexity index is 938. The Morgan fingerprint density at radius 3 is 2.92 bits per heavy atom. The number of ether oxygens (including phenoxy) is 2. The van der Waals surface area contributed by atoms with Crippen LogP contribution < -0.4 is 20.1 Å². The summed E-state index contributed by atoms with van der Waals surface area (Å²) in [7, 11) is 0. The number of carbonyl (C=O) groups is 2. The van der Waals surface area contributed by atoms with Crippen LogP contribution in [0.3, 0.4) is 0 Å². The van der Waals surface area contributed by atoms with Crippen LogP contribution >= 0.6 is 11.3 Å². The lowest BCUT2D eigenvalue weighted by atomic mass is 9.96. The molecular formula is C18H15N3O4S. The highest BCUT2D eigenvalue weighted by atomic mass is 32.1. The summed E-state index contributed by atoms with van der Waals surface area (Å²) in [5.74, 6) is 1.22. The molecule has 2 N–H and O–H groups in total. The van der Waals surface area contributed by atoms with E-state index in [-0.39, 0.29) is 18.7 Å². The van der Waals surface area contributed by atoms with Gasteiger partial charge in [0.05, 0.1) is 30.4 Å². The second-order valence-corrected chi connectivity index (χ2v) is 7.31. The van der Waals surface area contributed by atoms with Crippen LogP contribution in [-0.4, -0.2) is 30.2 Å². The van der Waals surface area contributed by atoms with Crippen molar-refractivity contribution in [2.24, 2.45) is 0 Å². The van der Waals surface area contributed by atoms with Gasteiger partial charge in [-0.25, -0.2) is 4.79 Å². The Morgan fingerprint density at radius 2 is 2.08 bits per heavy atom. The molecule has 3 aliphatic rings. The van der Waals surface area contributed by atoms with Crippen molar-refractivity contribution in [2.45, 2.75) is 12.6 Å². The van der Waals surface area contributed by atoms with Crippen LogP contribution in [-0.2, 0) is 11.3 Å². The highest BCUT2D eigenvalue weighted by Crippen LogP contribution is 2.38. The largest absolute Gasteiger partial charge is 0.454 e. The second-order valence-electron chi connectivity index (χ2n) is 6.28. The first kappa shape index (κ1) is 15.3. The van der Waals surface area contributed by atoms with E-state index in [0.29, 0.717) is 35.9 Å². The maximum Gasteiger partial charge on any atom is 0.319 e. The summed E-state index contributed by atoms with van der Waals surface area (Å²) in [5.41, 5.74) is 2.04. The average molecular weight is 369 g/mol. The van der Waals surface area contributed by atoms with E-state index in [9.17, 15) is 9.59 Å². The molecule has 132 valence electrons. The van der Waals surface area contributed by atoms with Crippen molar-refractivity contribution in [3.8, 4) is 11.5 Å². The van der Waals surface area contributed by atoms with E-state index in [0.717, 1.165) is 10.4 Å². The summed E-state index contributed by atoms with van der Waals surface area (Å²) in [5, 5.41) is 7.63. The van der Waals surface area contributed by atoms with Crippen LogP contribution in [0.25, 0.3) is 0 Å². The third kappa shape index (κ3) is 2.41. The molecule has 0 saturated carbocycles. The molecule has 0 fully saturated rings. The smallest absolute Gasteiger partial charge is 0.319 e. The molecule has 7 nitrogen and oxygen atoms in total. The van der Waals surface area contributed by atoms with E-state index >= 15 is 0 Å². The Hall–Kier alpha value is -3.00. The van der Waals surface area contributed by atoms with Crippen molar-refractivity contribution in [3.05, 3.63) is 57.4 Å². The molecule has 1 aromatic carbocycles. The zero-order chi connectivity index (χ0) is 17.7. The van der Waals surface area contributed by atoms with Gasteiger partial charge in [-0.15, -0.1) is 11.3 Å². The van der Waals surface area contributed by atoms with Crippen molar-refractivity contribution in [2.75, 3.05) is 13.3 Å². The molecule has 1 aromatic heterocycles. The second kappa shape index (κ2) is 5.77. The van der Waals surface area contributed by atoms with Crippen molar-refractivity contribution in [1.29, 1.82) is 0 Å². The molecule has 0 radical (unpaired) electrons. The van der Waals surface area contributed by atoms with Gasteiger partial charge in [0.25, 0.3) is 5.91 Å². The zero-order valence-electron chi connectivity index (χ0n) is 13.7. The van der Waals surface area contributed by atoms with Gasteiger partial charge >= 0.3 is 6.03 Å². The fraction of sp³-hybridized carbons (Fsp3) is 0.222. The number of fused-ring (bicyclic) bond motifs is 1. The maximum absolute atomic E-state index is 13.0. The van der Waals surface area contributed by atoms with Crippen molar-refractivity contribution in [3.63, 3.8) is 0 Å². The average Bonchev–Trinajstić information content (AvgIpc) is 3.35. The molecule has 4 heterocycles. The van der Waals surface area contributed by atoms with Crippen LogP contribution in [0.1, 0.15) is 16.5 Å². The number of hydrogen-bond acceptors (Lipinski definition) is 5. The number of hydrogen-bond donors (Lipinski definition) is 2. The lowest BCUT2D eigenvalue weighted by molar-refractivity contribution is -0.126. The number of nitrogens with one attached hydrogen (secondary N) is 2. The number of urea groups is 1. The maximum atomic E-state index is 13.0. The van der Waals surface area contributed by atoms with Crippen LogP contribution in [0.2, 0.25) is 0 Å². The first-order valence-electron chi connectivity index (χ1n) is 8.21. The third-order valence-electron chi connectivity index (χ3n) is 4.68. The standard InChI is InChI=1S/C18H15N3O4S/c22-17-15-12(8-21(17)7-11-2-1-5-26-11)19-18(23)20-16(15)10-3-4-13-14(6-10)25-9-24-13/h1-6,16H,7-9H2,(H2,19,20,23)/t16-/m0/s1. The Labute approximate surface area is 153 Å². The molecule has 0 aliphatic carbocycles. The highest BCUT2D eigenvalue weighted by molar-refractivity contribution is 7.09. The molecule has 1 atom stereocenters. The van der Waals surface area contributed by atoms with Crippen LogP contribution in [0.4, 0.5) is 4.79 Å². The van der Waals surface area contributed by atoms with E-state index in [1.807, 2.05) is 29.6 Å². The number of thiophene rings is 1. The monoisotopic (exact) mass is 369 g/mol. The van der Waals surface area contributed by atoms with Gasteiger partial charge in [-0.2, -0.15) is 0 Å². The summed E-state index contributed by atoms with van der Waals surface area (Å²) in [6.07, 6.45) is 0. The van der Waals surface area contributed by atoms with E-state index in [1.54, 1.807) is 22.3 Å².